The number of hydrogen-bond donors (Lipinski definition) is 0. The summed E-state index contributed by atoms with van der Waals surface area (Å²) >= 11 is 0. The highest BCUT2D eigenvalue weighted by Gasteiger charge is 2.36. The molecule has 0 bridgehead atoms. The Bertz CT molecular complexity index is 229. The van der Waals surface area contributed by atoms with Gasteiger partial charge in [0.15, 0.2) is 5.66 Å². The van der Waals surface area contributed by atoms with Crippen LogP contribution in [0.1, 0.15) is 79.1 Å². The molecule has 94 valence electrons. The highest BCUT2D eigenvalue weighted by atomic mass is 15.4. The van der Waals surface area contributed by atoms with Crippen LogP contribution in [0.2, 0.25) is 0 Å². The molecule has 1 aliphatic rings. The molecule has 1 aliphatic heterocycles. The predicted molar refractivity (Wildman–Crippen MR) is 69.7 cm³/mol. The van der Waals surface area contributed by atoms with Crippen LogP contribution in [0.5, 0.6) is 0 Å². The molecule has 0 aliphatic carbocycles. The van der Waals surface area contributed by atoms with Crippen LogP contribution in [-0.2, 0) is 0 Å². The quantitative estimate of drug-likeness (QED) is 0.473. The first kappa shape index (κ1) is 13.7. The standard InChI is InChI=1S/C14H28N2/c1-5-7-8-10-13(3,9-6-2)11-12-14(4)15-16-14/h5-12H2,1-4H3. The van der Waals surface area contributed by atoms with E-state index >= 15 is 0 Å². The van der Waals surface area contributed by atoms with Gasteiger partial charge in [-0.15, -0.1) is 0 Å². The van der Waals surface area contributed by atoms with Crippen LogP contribution in [0.15, 0.2) is 10.2 Å². The number of nitrogens with zero attached hydrogens (tertiary/aromatic N) is 2. The van der Waals surface area contributed by atoms with Crippen molar-refractivity contribution in [2.45, 2.75) is 84.7 Å². The van der Waals surface area contributed by atoms with Crippen molar-refractivity contribution < 1.29 is 0 Å². The van der Waals surface area contributed by atoms with Gasteiger partial charge in [0.2, 0.25) is 0 Å². The molecule has 2 nitrogen and oxygen atoms in total. The van der Waals surface area contributed by atoms with Gasteiger partial charge in [0.05, 0.1) is 0 Å². The maximum atomic E-state index is 4.12. The summed E-state index contributed by atoms with van der Waals surface area (Å²) in [6, 6.07) is 0. The summed E-state index contributed by atoms with van der Waals surface area (Å²) in [6.07, 6.45) is 10.6. The third kappa shape index (κ3) is 4.63. The van der Waals surface area contributed by atoms with E-state index in [1.165, 1.54) is 44.9 Å². The fraction of sp³-hybridized carbons (Fsp3) is 1.00. The Kier molecular flexibility index (Phi) is 4.94. The SMILES string of the molecule is CCCCCC(C)(CCC)CCC1(C)N=N1. The van der Waals surface area contributed by atoms with Gasteiger partial charge in [0.1, 0.15) is 0 Å². The molecule has 1 atom stereocenters. The largest absolute Gasteiger partial charge is 0.188 e. The molecule has 0 aromatic carbocycles. The smallest absolute Gasteiger partial charge is 0.159 e. The summed E-state index contributed by atoms with van der Waals surface area (Å²) in [7, 11) is 0. The van der Waals surface area contributed by atoms with Crippen molar-refractivity contribution >= 4 is 0 Å². The summed E-state index contributed by atoms with van der Waals surface area (Å²) in [5, 5.41) is 8.24. The van der Waals surface area contributed by atoms with Crippen molar-refractivity contribution in [3.63, 3.8) is 0 Å². The maximum absolute atomic E-state index is 4.12. The highest BCUT2D eigenvalue weighted by molar-refractivity contribution is 4.90. The second-order valence-electron chi connectivity index (χ2n) is 5.93. The first-order valence-electron chi connectivity index (χ1n) is 6.98. The first-order chi connectivity index (χ1) is 7.54. The molecule has 0 radical (unpaired) electrons. The van der Waals surface area contributed by atoms with Gasteiger partial charge in [0.25, 0.3) is 0 Å². The van der Waals surface area contributed by atoms with Crippen molar-refractivity contribution in [3.05, 3.63) is 0 Å². The third-order valence-electron chi connectivity index (χ3n) is 3.88. The van der Waals surface area contributed by atoms with E-state index in [4.69, 9.17) is 0 Å². The Labute approximate surface area is 101 Å². The van der Waals surface area contributed by atoms with Crippen molar-refractivity contribution in [1.82, 2.24) is 0 Å². The van der Waals surface area contributed by atoms with E-state index in [1.54, 1.807) is 0 Å². The molecule has 0 fully saturated rings. The van der Waals surface area contributed by atoms with Gasteiger partial charge in [-0.1, -0.05) is 46.5 Å². The molecular formula is C14H28N2. The molecule has 2 heteroatoms. The van der Waals surface area contributed by atoms with Gasteiger partial charge in [-0.2, -0.15) is 10.2 Å². The third-order valence-corrected chi connectivity index (χ3v) is 3.88. The van der Waals surface area contributed by atoms with Gasteiger partial charge in [-0.05, 0) is 38.0 Å². The molecule has 0 saturated heterocycles. The zero-order valence-electron chi connectivity index (χ0n) is 11.6. The summed E-state index contributed by atoms with van der Waals surface area (Å²) in [5.74, 6) is 0. The lowest BCUT2D eigenvalue weighted by Crippen LogP contribution is -2.19. The zero-order chi connectivity index (χ0) is 12.1. The van der Waals surface area contributed by atoms with E-state index in [9.17, 15) is 0 Å². The minimum Gasteiger partial charge on any atom is -0.159 e. The van der Waals surface area contributed by atoms with E-state index in [-0.39, 0.29) is 5.66 Å². The van der Waals surface area contributed by atoms with E-state index in [2.05, 4.69) is 37.9 Å². The van der Waals surface area contributed by atoms with Crippen molar-refractivity contribution in [2.75, 3.05) is 0 Å². The van der Waals surface area contributed by atoms with Crippen LogP contribution < -0.4 is 0 Å². The number of hydrogen-bond acceptors (Lipinski definition) is 2. The van der Waals surface area contributed by atoms with E-state index in [1.807, 2.05) is 0 Å². The molecule has 0 N–H and O–H groups in total. The molecule has 0 aromatic rings. The fourth-order valence-corrected chi connectivity index (χ4v) is 2.50. The summed E-state index contributed by atoms with van der Waals surface area (Å²) in [4.78, 5) is 0. The Morgan fingerprint density at radius 1 is 0.938 bits per heavy atom. The second-order valence-corrected chi connectivity index (χ2v) is 5.93. The van der Waals surface area contributed by atoms with Crippen molar-refractivity contribution in [1.29, 1.82) is 0 Å². The van der Waals surface area contributed by atoms with Crippen molar-refractivity contribution in [2.24, 2.45) is 15.6 Å². The van der Waals surface area contributed by atoms with Crippen molar-refractivity contribution in [3.8, 4) is 0 Å². The lowest BCUT2D eigenvalue weighted by Gasteiger charge is -2.30. The fourth-order valence-electron chi connectivity index (χ4n) is 2.50. The number of rotatable bonds is 9. The molecular weight excluding hydrogens is 196 g/mol. The first-order valence-corrected chi connectivity index (χ1v) is 6.98. The van der Waals surface area contributed by atoms with Crippen LogP contribution in [-0.4, -0.2) is 5.66 Å². The molecule has 1 rings (SSSR count). The van der Waals surface area contributed by atoms with Gasteiger partial charge in [0, 0.05) is 0 Å². The van der Waals surface area contributed by atoms with Crippen LogP contribution in [0, 0.1) is 5.41 Å². The predicted octanol–water partition coefficient (Wildman–Crippen LogP) is 5.34. The number of unbranched alkanes of at least 4 members (excludes halogenated alkanes) is 2. The van der Waals surface area contributed by atoms with Gasteiger partial charge in [-0.3, -0.25) is 0 Å². The summed E-state index contributed by atoms with van der Waals surface area (Å²) in [6.45, 7) is 9.18. The second kappa shape index (κ2) is 5.79. The summed E-state index contributed by atoms with van der Waals surface area (Å²) in [5.41, 5.74) is 0.528. The molecule has 1 unspecified atom stereocenters. The molecule has 0 saturated carbocycles. The normalized spacial score (nSPS) is 20.8. The van der Waals surface area contributed by atoms with E-state index in [0.717, 1.165) is 6.42 Å². The topological polar surface area (TPSA) is 24.7 Å². The molecule has 1 heterocycles. The van der Waals surface area contributed by atoms with E-state index in [0.29, 0.717) is 5.41 Å². The average Bonchev–Trinajstić information content (AvgIpc) is 2.96. The van der Waals surface area contributed by atoms with Gasteiger partial charge in [-0.25, -0.2) is 0 Å². The average molecular weight is 224 g/mol. The van der Waals surface area contributed by atoms with Crippen LogP contribution in [0.25, 0.3) is 0 Å². The Morgan fingerprint density at radius 2 is 1.62 bits per heavy atom. The Balaban J connectivity index is 2.30. The van der Waals surface area contributed by atoms with Crippen LogP contribution in [0.3, 0.4) is 0 Å². The molecule has 16 heavy (non-hydrogen) atoms. The lowest BCUT2D eigenvalue weighted by molar-refractivity contribution is 0.222. The Hall–Kier alpha value is -0.400. The Morgan fingerprint density at radius 3 is 2.12 bits per heavy atom. The van der Waals surface area contributed by atoms with Crippen LogP contribution in [0.4, 0.5) is 0 Å². The maximum Gasteiger partial charge on any atom is 0.188 e. The lowest BCUT2D eigenvalue weighted by atomic mass is 9.76. The highest BCUT2D eigenvalue weighted by Crippen LogP contribution is 2.41. The minimum atomic E-state index is -0.000240. The monoisotopic (exact) mass is 224 g/mol. The zero-order valence-corrected chi connectivity index (χ0v) is 11.6. The molecule has 0 amide bonds. The summed E-state index contributed by atoms with van der Waals surface area (Å²) < 4.78 is 0. The van der Waals surface area contributed by atoms with Gasteiger partial charge < -0.3 is 0 Å². The molecule has 0 aromatic heterocycles. The van der Waals surface area contributed by atoms with Crippen LogP contribution >= 0.6 is 0 Å². The van der Waals surface area contributed by atoms with Gasteiger partial charge >= 0.3 is 0 Å². The molecule has 0 spiro atoms. The minimum absolute atomic E-state index is 0.000240. The van der Waals surface area contributed by atoms with E-state index < -0.39 is 0 Å².